The first-order valence-electron chi connectivity index (χ1n) is 11.4. The molecule has 0 saturated carbocycles. The Kier molecular flexibility index (Phi) is 7.93. The molecule has 1 fully saturated rings. The molecule has 1 N–H and O–H groups in total. The van der Waals surface area contributed by atoms with E-state index in [2.05, 4.69) is 38.8 Å². The van der Waals surface area contributed by atoms with Gasteiger partial charge in [0.1, 0.15) is 18.1 Å². The zero-order valence-electron chi connectivity index (χ0n) is 19.1. The van der Waals surface area contributed by atoms with Crippen molar-refractivity contribution >= 4 is 23.6 Å². The van der Waals surface area contributed by atoms with Crippen LogP contribution in [-0.4, -0.2) is 52.7 Å². The fourth-order valence-corrected chi connectivity index (χ4v) is 4.96. The number of piperidine rings is 1. The Labute approximate surface area is 198 Å². The summed E-state index contributed by atoms with van der Waals surface area (Å²) in [4.78, 5) is 14.7. The van der Waals surface area contributed by atoms with Crippen LogP contribution < -0.4 is 15.0 Å². The molecule has 2 unspecified atom stereocenters. The van der Waals surface area contributed by atoms with Gasteiger partial charge >= 0.3 is 0 Å². The average Bonchev–Trinajstić information content (AvgIpc) is 3.46. The normalized spacial score (nSPS) is 18.3. The Hall–Kier alpha value is -2.94. The van der Waals surface area contributed by atoms with Gasteiger partial charge < -0.3 is 19.4 Å². The molecule has 9 heteroatoms. The van der Waals surface area contributed by atoms with Gasteiger partial charge in [-0.2, -0.15) is 0 Å². The number of rotatable bonds is 10. The molecule has 2 atom stereocenters. The molecule has 0 spiro atoms. The van der Waals surface area contributed by atoms with E-state index in [1.54, 1.807) is 6.26 Å². The van der Waals surface area contributed by atoms with Crippen molar-refractivity contribution in [2.75, 3.05) is 36.9 Å². The molecule has 33 heavy (non-hydrogen) atoms. The first-order valence-corrected chi connectivity index (χ1v) is 12.3. The second kappa shape index (κ2) is 11.3. The van der Waals surface area contributed by atoms with Gasteiger partial charge in [0.25, 0.3) is 0 Å². The summed E-state index contributed by atoms with van der Waals surface area (Å²) in [6, 6.07) is 13.4. The van der Waals surface area contributed by atoms with E-state index in [1.165, 1.54) is 18.2 Å². The zero-order valence-corrected chi connectivity index (χ0v) is 20.0. The number of nitrogens with one attached hydrogen (secondary N) is 1. The van der Waals surface area contributed by atoms with E-state index in [0.29, 0.717) is 36.7 Å². The van der Waals surface area contributed by atoms with Crippen LogP contribution in [0.4, 0.5) is 5.95 Å². The molecule has 3 aromatic rings. The van der Waals surface area contributed by atoms with Crippen molar-refractivity contribution in [3.63, 3.8) is 0 Å². The fourth-order valence-electron chi connectivity index (χ4n) is 4.20. The number of hydrogen-bond acceptors (Lipinski definition) is 7. The number of anilines is 1. The maximum absolute atomic E-state index is 12.4. The molecule has 1 aliphatic heterocycles. The summed E-state index contributed by atoms with van der Waals surface area (Å²) in [6.45, 7) is 7.85. The molecule has 8 nitrogen and oxygen atoms in total. The maximum Gasteiger partial charge on any atom is 0.230 e. The van der Waals surface area contributed by atoms with Crippen LogP contribution in [0, 0.1) is 11.8 Å². The van der Waals surface area contributed by atoms with Gasteiger partial charge in [-0.1, -0.05) is 43.8 Å². The van der Waals surface area contributed by atoms with Crippen LogP contribution in [0.25, 0.3) is 0 Å². The summed E-state index contributed by atoms with van der Waals surface area (Å²) in [5, 5.41) is 12.5. The third kappa shape index (κ3) is 6.54. The smallest absolute Gasteiger partial charge is 0.230 e. The first kappa shape index (κ1) is 23.2. The van der Waals surface area contributed by atoms with Crippen molar-refractivity contribution < 1.29 is 13.9 Å². The van der Waals surface area contributed by atoms with Crippen LogP contribution in [-0.2, 0) is 11.3 Å². The average molecular weight is 470 g/mol. The zero-order chi connectivity index (χ0) is 23.0. The largest absolute Gasteiger partial charge is 0.492 e. The number of furan rings is 1. The molecule has 4 rings (SSSR count). The SMILES string of the molecule is CC1CC(C)CN(c2nnc(SCC(=O)NCCOc3ccccc3)n2Cc2ccco2)C1. The molecule has 0 bridgehead atoms. The van der Waals surface area contributed by atoms with E-state index in [1.807, 2.05) is 42.5 Å². The van der Waals surface area contributed by atoms with Gasteiger partial charge in [-0.15, -0.1) is 10.2 Å². The Morgan fingerprint density at radius 3 is 2.67 bits per heavy atom. The van der Waals surface area contributed by atoms with Crippen LogP contribution in [0.3, 0.4) is 0 Å². The lowest BCUT2D eigenvalue weighted by molar-refractivity contribution is -0.118. The van der Waals surface area contributed by atoms with E-state index in [9.17, 15) is 4.79 Å². The van der Waals surface area contributed by atoms with Crippen LogP contribution in [0.2, 0.25) is 0 Å². The summed E-state index contributed by atoms with van der Waals surface area (Å²) in [5.41, 5.74) is 0. The van der Waals surface area contributed by atoms with Crippen molar-refractivity contribution in [1.82, 2.24) is 20.1 Å². The van der Waals surface area contributed by atoms with E-state index >= 15 is 0 Å². The summed E-state index contributed by atoms with van der Waals surface area (Å²) < 4.78 is 13.3. The minimum Gasteiger partial charge on any atom is -0.492 e. The number of thioether (sulfide) groups is 1. The standard InChI is InChI=1S/C24H31N5O3S/c1-18-13-19(2)15-28(14-18)23-26-27-24(29(23)16-21-9-6-11-31-21)33-17-22(30)25-10-12-32-20-7-4-3-5-8-20/h3-9,11,18-19H,10,12-17H2,1-2H3,(H,25,30). The number of ether oxygens (including phenoxy) is 1. The number of hydrogen-bond donors (Lipinski definition) is 1. The number of nitrogens with zero attached hydrogens (tertiary/aromatic N) is 4. The maximum atomic E-state index is 12.4. The number of benzene rings is 1. The quantitative estimate of drug-likeness (QED) is 0.358. The predicted molar refractivity (Wildman–Crippen MR) is 129 cm³/mol. The van der Waals surface area contributed by atoms with Gasteiger partial charge in [0, 0.05) is 13.1 Å². The molecule has 1 aliphatic rings. The second-order valence-corrected chi connectivity index (χ2v) is 9.54. The number of para-hydroxylation sites is 1. The molecule has 1 aromatic carbocycles. The number of carbonyl (C=O) groups is 1. The van der Waals surface area contributed by atoms with Crippen LogP contribution in [0.15, 0.2) is 58.3 Å². The van der Waals surface area contributed by atoms with Gasteiger partial charge in [-0.25, -0.2) is 0 Å². The van der Waals surface area contributed by atoms with Crippen molar-refractivity contribution in [2.45, 2.75) is 32.0 Å². The van der Waals surface area contributed by atoms with Crippen molar-refractivity contribution in [3.05, 3.63) is 54.5 Å². The van der Waals surface area contributed by atoms with E-state index < -0.39 is 0 Å². The Morgan fingerprint density at radius 1 is 1.15 bits per heavy atom. The third-order valence-corrected chi connectivity index (χ3v) is 6.48. The fraction of sp³-hybridized carbons (Fsp3) is 0.458. The first-order chi connectivity index (χ1) is 16.1. The summed E-state index contributed by atoms with van der Waals surface area (Å²) in [6.07, 6.45) is 2.89. The molecule has 2 aromatic heterocycles. The minimum atomic E-state index is -0.0639. The number of carbonyl (C=O) groups excluding carboxylic acids is 1. The van der Waals surface area contributed by atoms with Crippen LogP contribution in [0.5, 0.6) is 5.75 Å². The third-order valence-electron chi connectivity index (χ3n) is 5.51. The molecule has 3 heterocycles. The number of amides is 1. The lowest BCUT2D eigenvalue weighted by Crippen LogP contribution is -2.40. The summed E-state index contributed by atoms with van der Waals surface area (Å²) in [7, 11) is 0. The highest BCUT2D eigenvalue weighted by Gasteiger charge is 2.27. The van der Waals surface area contributed by atoms with Crippen LogP contribution >= 0.6 is 11.8 Å². The van der Waals surface area contributed by atoms with Gasteiger partial charge in [0.2, 0.25) is 11.9 Å². The molecular weight excluding hydrogens is 438 g/mol. The van der Waals surface area contributed by atoms with Crippen LogP contribution in [0.1, 0.15) is 26.0 Å². The molecule has 1 saturated heterocycles. The van der Waals surface area contributed by atoms with Gasteiger partial charge in [-0.3, -0.25) is 9.36 Å². The number of aromatic nitrogens is 3. The van der Waals surface area contributed by atoms with E-state index in [4.69, 9.17) is 9.15 Å². The van der Waals surface area contributed by atoms with Crippen molar-refractivity contribution in [3.8, 4) is 5.75 Å². The Bertz CT molecular complexity index is 999. The summed E-state index contributed by atoms with van der Waals surface area (Å²) in [5.74, 6) is 3.86. The van der Waals surface area contributed by atoms with E-state index in [0.717, 1.165) is 30.5 Å². The summed E-state index contributed by atoms with van der Waals surface area (Å²) >= 11 is 1.39. The van der Waals surface area contributed by atoms with Gasteiger partial charge in [0.05, 0.1) is 25.1 Å². The van der Waals surface area contributed by atoms with Gasteiger partial charge in [-0.05, 0) is 42.5 Å². The molecule has 0 aliphatic carbocycles. The highest BCUT2D eigenvalue weighted by atomic mass is 32.2. The molecular formula is C24H31N5O3S. The predicted octanol–water partition coefficient (Wildman–Crippen LogP) is 3.69. The van der Waals surface area contributed by atoms with E-state index in [-0.39, 0.29) is 11.7 Å². The van der Waals surface area contributed by atoms with Crippen molar-refractivity contribution in [1.29, 1.82) is 0 Å². The molecule has 0 radical (unpaired) electrons. The lowest BCUT2D eigenvalue weighted by atomic mass is 9.92. The topological polar surface area (TPSA) is 85.4 Å². The Morgan fingerprint density at radius 2 is 1.94 bits per heavy atom. The van der Waals surface area contributed by atoms with Gasteiger partial charge in [0.15, 0.2) is 5.16 Å². The Balaban J connectivity index is 1.35. The molecule has 176 valence electrons. The molecule has 1 amide bonds. The van der Waals surface area contributed by atoms with Crippen molar-refractivity contribution in [2.24, 2.45) is 11.8 Å². The highest BCUT2D eigenvalue weighted by Crippen LogP contribution is 2.29. The second-order valence-electron chi connectivity index (χ2n) is 8.60. The monoisotopic (exact) mass is 469 g/mol. The minimum absolute atomic E-state index is 0.0639. The lowest BCUT2D eigenvalue weighted by Gasteiger charge is -2.35. The highest BCUT2D eigenvalue weighted by molar-refractivity contribution is 7.99.